The zero-order valence-corrected chi connectivity index (χ0v) is 14.2. The van der Waals surface area contributed by atoms with Crippen molar-refractivity contribution in [3.63, 3.8) is 0 Å². The molecule has 114 valence electrons. The number of likely N-dealkylation sites (N-methyl/N-ethyl adjacent to an activating group) is 1. The van der Waals surface area contributed by atoms with Crippen LogP contribution in [0, 0.1) is 0 Å². The molecule has 6 heteroatoms. The van der Waals surface area contributed by atoms with Gasteiger partial charge in [-0.2, -0.15) is 0 Å². The largest absolute Gasteiger partial charge is 0.337 e. The quantitative estimate of drug-likeness (QED) is 0.786. The van der Waals surface area contributed by atoms with Gasteiger partial charge >= 0.3 is 0 Å². The van der Waals surface area contributed by atoms with Crippen molar-refractivity contribution in [3.05, 3.63) is 34.2 Å². The smallest absolute Gasteiger partial charge is 0.265 e. The van der Waals surface area contributed by atoms with Crippen LogP contribution in [0.5, 0.6) is 0 Å². The van der Waals surface area contributed by atoms with Crippen LogP contribution >= 0.6 is 35.3 Å². The Hall–Kier alpha value is -0.810. The fourth-order valence-corrected chi connectivity index (χ4v) is 4.02. The lowest BCUT2D eigenvalue weighted by atomic mass is 10.2. The van der Waals surface area contributed by atoms with E-state index in [2.05, 4.69) is 11.9 Å². The topological polar surface area (TPSA) is 23.6 Å². The first-order valence-corrected chi connectivity index (χ1v) is 8.01. The van der Waals surface area contributed by atoms with Crippen LogP contribution in [0.25, 0.3) is 10.1 Å². The number of hydrogen-bond acceptors (Lipinski definition) is 3. The normalized spacial score (nSPS) is 16.6. The first kappa shape index (κ1) is 16.6. The second-order valence-electron chi connectivity index (χ2n) is 5.19. The van der Waals surface area contributed by atoms with Gasteiger partial charge in [-0.1, -0.05) is 29.8 Å². The summed E-state index contributed by atoms with van der Waals surface area (Å²) in [6, 6.07) is 7.92. The van der Waals surface area contributed by atoms with Crippen molar-refractivity contribution in [1.29, 1.82) is 0 Å². The lowest BCUT2D eigenvalue weighted by Gasteiger charge is -2.19. The van der Waals surface area contributed by atoms with Crippen LogP contribution in [0.1, 0.15) is 16.1 Å². The Bertz CT molecular complexity index is 644. The van der Waals surface area contributed by atoms with Gasteiger partial charge in [0.05, 0.1) is 5.02 Å². The van der Waals surface area contributed by atoms with E-state index in [9.17, 15) is 4.79 Å². The highest BCUT2D eigenvalue weighted by atomic mass is 35.5. The zero-order valence-electron chi connectivity index (χ0n) is 11.8. The Balaban J connectivity index is 0.00000161. The number of hydrogen-bond donors (Lipinski definition) is 0. The van der Waals surface area contributed by atoms with E-state index in [-0.39, 0.29) is 18.3 Å². The highest BCUT2D eigenvalue weighted by Gasteiger charge is 2.23. The second-order valence-corrected chi connectivity index (χ2v) is 6.62. The molecule has 2 aromatic rings. The predicted molar refractivity (Wildman–Crippen MR) is 92.1 cm³/mol. The minimum absolute atomic E-state index is 0. The lowest BCUT2D eigenvalue weighted by Crippen LogP contribution is -2.34. The number of carbonyl (C=O) groups excluding carboxylic acids is 1. The summed E-state index contributed by atoms with van der Waals surface area (Å²) in [6.07, 6.45) is 1.02. The molecule has 0 unspecified atom stereocenters. The highest BCUT2D eigenvalue weighted by Crippen LogP contribution is 2.35. The number of thiophene rings is 1. The summed E-state index contributed by atoms with van der Waals surface area (Å²) in [5, 5.41) is 1.59. The Morgan fingerprint density at radius 3 is 2.71 bits per heavy atom. The average molecular weight is 345 g/mol. The predicted octanol–water partition coefficient (Wildman–Crippen LogP) is 3.75. The third kappa shape index (κ3) is 3.34. The van der Waals surface area contributed by atoms with Crippen LogP contribution in [0.2, 0.25) is 5.02 Å². The maximum absolute atomic E-state index is 12.7. The van der Waals surface area contributed by atoms with Gasteiger partial charge in [0, 0.05) is 29.7 Å². The van der Waals surface area contributed by atoms with E-state index in [1.165, 1.54) is 11.3 Å². The molecule has 0 aliphatic carbocycles. The summed E-state index contributed by atoms with van der Waals surface area (Å²) >= 11 is 7.89. The molecule has 1 fully saturated rings. The molecular weight excluding hydrogens is 327 g/mol. The summed E-state index contributed by atoms with van der Waals surface area (Å²) in [4.78, 5) is 17.6. The van der Waals surface area contributed by atoms with E-state index >= 15 is 0 Å². The third-order valence-electron chi connectivity index (χ3n) is 3.74. The Kier molecular flexibility index (Phi) is 5.49. The maximum atomic E-state index is 12.7. The number of nitrogens with zero attached hydrogens (tertiary/aromatic N) is 2. The molecule has 0 bridgehead atoms. The van der Waals surface area contributed by atoms with Crippen molar-refractivity contribution in [3.8, 4) is 0 Å². The number of amides is 1. The van der Waals surface area contributed by atoms with Gasteiger partial charge in [0.15, 0.2) is 0 Å². The highest BCUT2D eigenvalue weighted by molar-refractivity contribution is 7.21. The summed E-state index contributed by atoms with van der Waals surface area (Å²) in [5.41, 5.74) is 0. The van der Waals surface area contributed by atoms with Gasteiger partial charge in [0.1, 0.15) is 4.88 Å². The van der Waals surface area contributed by atoms with Crippen molar-refractivity contribution in [1.82, 2.24) is 9.80 Å². The van der Waals surface area contributed by atoms with E-state index in [0.29, 0.717) is 9.90 Å². The number of carbonyl (C=O) groups is 1. The molecule has 0 N–H and O–H groups in total. The molecule has 0 radical (unpaired) electrons. The first-order chi connectivity index (χ1) is 9.66. The molecule has 0 spiro atoms. The summed E-state index contributed by atoms with van der Waals surface area (Å²) < 4.78 is 1.08. The van der Waals surface area contributed by atoms with Crippen LogP contribution in [-0.4, -0.2) is 48.9 Å². The minimum Gasteiger partial charge on any atom is -0.337 e. The van der Waals surface area contributed by atoms with Gasteiger partial charge in [-0.3, -0.25) is 4.79 Å². The molecule has 21 heavy (non-hydrogen) atoms. The van der Waals surface area contributed by atoms with Gasteiger partial charge < -0.3 is 9.80 Å². The van der Waals surface area contributed by atoms with Crippen molar-refractivity contribution >= 4 is 51.3 Å². The number of fused-ring (bicyclic) bond motifs is 1. The van der Waals surface area contributed by atoms with Crippen LogP contribution < -0.4 is 0 Å². The Morgan fingerprint density at radius 1 is 1.19 bits per heavy atom. The number of benzene rings is 1. The van der Waals surface area contributed by atoms with Crippen LogP contribution in [0.15, 0.2) is 24.3 Å². The first-order valence-electron chi connectivity index (χ1n) is 6.81. The van der Waals surface area contributed by atoms with Crippen LogP contribution in [0.4, 0.5) is 0 Å². The van der Waals surface area contributed by atoms with E-state index in [1.807, 2.05) is 29.2 Å². The van der Waals surface area contributed by atoms with E-state index < -0.39 is 0 Å². The molecule has 0 saturated carbocycles. The maximum Gasteiger partial charge on any atom is 0.265 e. The standard InChI is InChI=1S/C15H17ClN2OS.ClH/c1-17-7-4-8-18(10-9-17)15(19)14-13(16)11-5-2-3-6-12(11)20-14;/h2-3,5-6H,4,7-10H2,1H3;1H. The summed E-state index contributed by atoms with van der Waals surface area (Å²) in [6.45, 7) is 3.56. The molecule has 2 heterocycles. The third-order valence-corrected chi connectivity index (χ3v) is 5.40. The SMILES string of the molecule is CN1CCCN(C(=O)c2sc3ccccc3c2Cl)CC1.Cl. The Morgan fingerprint density at radius 2 is 1.95 bits per heavy atom. The van der Waals surface area contributed by atoms with E-state index in [1.54, 1.807) is 0 Å². The van der Waals surface area contributed by atoms with Crippen LogP contribution in [-0.2, 0) is 0 Å². The van der Waals surface area contributed by atoms with Gasteiger partial charge in [0.2, 0.25) is 0 Å². The van der Waals surface area contributed by atoms with Gasteiger partial charge in [-0.25, -0.2) is 0 Å². The summed E-state index contributed by atoms with van der Waals surface area (Å²) in [7, 11) is 2.10. The Labute approximate surface area is 139 Å². The molecule has 1 amide bonds. The van der Waals surface area contributed by atoms with Crippen LogP contribution in [0.3, 0.4) is 0 Å². The monoisotopic (exact) mass is 344 g/mol. The zero-order chi connectivity index (χ0) is 14.1. The fourth-order valence-electron chi connectivity index (χ4n) is 2.54. The lowest BCUT2D eigenvalue weighted by molar-refractivity contribution is 0.0768. The summed E-state index contributed by atoms with van der Waals surface area (Å²) in [5.74, 6) is 0.0755. The molecule has 1 aromatic heterocycles. The van der Waals surface area contributed by atoms with Crippen molar-refractivity contribution in [2.75, 3.05) is 33.2 Å². The second kappa shape index (κ2) is 6.97. The molecular formula is C15H18Cl2N2OS. The fraction of sp³-hybridized carbons (Fsp3) is 0.400. The van der Waals surface area contributed by atoms with Crippen molar-refractivity contribution < 1.29 is 4.79 Å². The molecule has 1 aliphatic rings. The van der Waals surface area contributed by atoms with Crippen molar-refractivity contribution in [2.24, 2.45) is 0 Å². The average Bonchev–Trinajstić information content (AvgIpc) is 2.64. The van der Waals surface area contributed by atoms with E-state index in [4.69, 9.17) is 11.6 Å². The van der Waals surface area contributed by atoms with Crippen molar-refractivity contribution in [2.45, 2.75) is 6.42 Å². The minimum atomic E-state index is 0. The van der Waals surface area contributed by atoms with Gasteiger partial charge in [0.25, 0.3) is 5.91 Å². The van der Waals surface area contributed by atoms with Gasteiger partial charge in [-0.05, 0) is 26.1 Å². The molecule has 1 aromatic carbocycles. The molecule has 1 saturated heterocycles. The number of rotatable bonds is 1. The molecule has 1 aliphatic heterocycles. The number of halogens is 2. The molecule has 3 nitrogen and oxygen atoms in total. The van der Waals surface area contributed by atoms with E-state index in [0.717, 1.165) is 42.7 Å². The van der Waals surface area contributed by atoms with Gasteiger partial charge in [-0.15, -0.1) is 23.7 Å². The molecule has 3 rings (SSSR count). The molecule has 0 atom stereocenters.